The van der Waals surface area contributed by atoms with Crippen LogP contribution in [0.2, 0.25) is 0 Å². The summed E-state index contributed by atoms with van der Waals surface area (Å²) in [6.07, 6.45) is 0. The van der Waals surface area contributed by atoms with Gasteiger partial charge in [0.15, 0.2) is 0 Å². The fraction of sp³-hybridized carbons (Fsp3) is 0.188. The summed E-state index contributed by atoms with van der Waals surface area (Å²) in [6.45, 7) is 5.95. The molecule has 5 aromatic rings. The van der Waals surface area contributed by atoms with Gasteiger partial charge in [-0.3, -0.25) is 0 Å². The fourth-order valence-electron chi connectivity index (χ4n) is 4.66. The molecule has 182 valence electrons. The number of aryl methyl sites for hydroxylation is 2. The second-order valence-corrected chi connectivity index (χ2v) is 9.10. The molecular formula is C32H31NO3. The summed E-state index contributed by atoms with van der Waals surface area (Å²) in [5.74, 6) is 1.63. The van der Waals surface area contributed by atoms with Crippen LogP contribution in [0.25, 0.3) is 22.2 Å². The highest BCUT2D eigenvalue weighted by Crippen LogP contribution is 2.35. The first-order valence-electron chi connectivity index (χ1n) is 12.3. The van der Waals surface area contributed by atoms with E-state index in [1.165, 1.54) is 33.3 Å². The predicted octanol–water partition coefficient (Wildman–Crippen LogP) is 6.92. The molecule has 0 aliphatic rings. The first kappa shape index (κ1) is 23.7. The lowest BCUT2D eigenvalue weighted by molar-refractivity contribution is 0.201. The van der Waals surface area contributed by atoms with Crippen molar-refractivity contribution in [2.45, 2.75) is 27.0 Å². The molecule has 1 aromatic heterocycles. The van der Waals surface area contributed by atoms with E-state index in [0.717, 1.165) is 29.2 Å². The average Bonchev–Trinajstić information content (AvgIpc) is 3.18. The third-order valence-electron chi connectivity index (χ3n) is 6.47. The molecule has 0 aliphatic heterocycles. The second kappa shape index (κ2) is 10.7. The van der Waals surface area contributed by atoms with Gasteiger partial charge in [0, 0.05) is 17.4 Å². The molecule has 1 heterocycles. The van der Waals surface area contributed by atoms with Gasteiger partial charge in [-0.25, -0.2) is 0 Å². The van der Waals surface area contributed by atoms with Crippen molar-refractivity contribution < 1.29 is 14.6 Å². The van der Waals surface area contributed by atoms with E-state index in [-0.39, 0.29) is 6.61 Å². The number of hydrogen-bond acceptors (Lipinski definition) is 3. The fourth-order valence-corrected chi connectivity index (χ4v) is 4.66. The Bertz CT molecular complexity index is 1440. The smallest absolute Gasteiger partial charge is 0.119 e. The van der Waals surface area contributed by atoms with Crippen molar-refractivity contribution in [3.05, 3.63) is 119 Å². The summed E-state index contributed by atoms with van der Waals surface area (Å²) in [4.78, 5) is 0. The van der Waals surface area contributed by atoms with Gasteiger partial charge in [0.05, 0.1) is 12.3 Å². The van der Waals surface area contributed by atoms with Crippen LogP contribution >= 0.6 is 0 Å². The average molecular weight is 478 g/mol. The van der Waals surface area contributed by atoms with Gasteiger partial charge in [0.1, 0.15) is 24.7 Å². The Morgan fingerprint density at radius 1 is 0.722 bits per heavy atom. The second-order valence-electron chi connectivity index (χ2n) is 9.10. The van der Waals surface area contributed by atoms with Gasteiger partial charge in [0.2, 0.25) is 0 Å². The number of aromatic nitrogens is 1. The van der Waals surface area contributed by atoms with Crippen LogP contribution in [0, 0.1) is 13.8 Å². The number of fused-ring (bicyclic) bond motifs is 1. The van der Waals surface area contributed by atoms with Crippen LogP contribution < -0.4 is 9.47 Å². The molecule has 0 radical (unpaired) electrons. The van der Waals surface area contributed by atoms with E-state index in [1.807, 2.05) is 30.3 Å². The number of nitrogens with zero attached hydrogens (tertiary/aromatic N) is 1. The van der Waals surface area contributed by atoms with Crippen molar-refractivity contribution in [2.75, 3.05) is 13.2 Å². The van der Waals surface area contributed by atoms with Gasteiger partial charge in [-0.1, -0.05) is 54.1 Å². The zero-order valence-corrected chi connectivity index (χ0v) is 20.8. The predicted molar refractivity (Wildman–Crippen MR) is 146 cm³/mol. The maximum absolute atomic E-state index is 9.00. The largest absolute Gasteiger partial charge is 0.491 e. The number of benzene rings is 4. The Labute approximate surface area is 212 Å². The first-order chi connectivity index (χ1) is 17.6. The molecule has 4 aromatic carbocycles. The van der Waals surface area contributed by atoms with E-state index >= 15 is 0 Å². The standard InChI is InChI=1S/C32H31NO3/c1-23-8-17-31-30(20-23)24(2)32(33(31)21-25-9-13-28(14-10-25)35-19-18-34)27-11-15-29(16-12-27)36-22-26-6-4-3-5-7-26/h3-17,20,34H,18-19,21-22H2,1-2H3. The van der Waals surface area contributed by atoms with Gasteiger partial charge in [-0.2, -0.15) is 0 Å². The molecule has 0 unspecified atom stereocenters. The summed E-state index contributed by atoms with van der Waals surface area (Å²) in [5.41, 5.74) is 8.47. The molecule has 0 spiro atoms. The van der Waals surface area contributed by atoms with Crippen molar-refractivity contribution >= 4 is 10.9 Å². The zero-order valence-electron chi connectivity index (χ0n) is 20.8. The van der Waals surface area contributed by atoms with E-state index in [4.69, 9.17) is 14.6 Å². The highest BCUT2D eigenvalue weighted by Gasteiger charge is 2.16. The van der Waals surface area contributed by atoms with Crippen LogP contribution in [0.1, 0.15) is 22.3 Å². The Balaban J connectivity index is 1.46. The van der Waals surface area contributed by atoms with Crippen LogP contribution in [0.15, 0.2) is 97.1 Å². The SMILES string of the molecule is Cc1ccc2c(c1)c(C)c(-c1ccc(OCc3ccccc3)cc1)n2Cc1ccc(OCCO)cc1. The van der Waals surface area contributed by atoms with Crippen molar-refractivity contribution in [3.63, 3.8) is 0 Å². The van der Waals surface area contributed by atoms with Gasteiger partial charge in [-0.05, 0) is 84.6 Å². The molecule has 0 saturated heterocycles. The topological polar surface area (TPSA) is 43.6 Å². The van der Waals surface area contributed by atoms with Gasteiger partial charge >= 0.3 is 0 Å². The number of aliphatic hydroxyl groups excluding tert-OH is 1. The molecule has 0 aliphatic carbocycles. The highest BCUT2D eigenvalue weighted by atomic mass is 16.5. The Morgan fingerprint density at radius 2 is 1.42 bits per heavy atom. The first-order valence-corrected chi connectivity index (χ1v) is 12.3. The maximum atomic E-state index is 9.00. The van der Waals surface area contributed by atoms with Crippen LogP contribution in [-0.4, -0.2) is 22.9 Å². The number of ether oxygens (including phenoxy) is 2. The third kappa shape index (κ3) is 5.14. The van der Waals surface area contributed by atoms with Crippen LogP contribution in [0.4, 0.5) is 0 Å². The van der Waals surface area contributed by atoms with Gasteiger partial charge < -0.3 is 19.1 Å². The quantitative estimate of drug-likeness (QED) is 0.250. The zero-order chi connectivity index (χ0) is 24.9. The lowest BCUT2D eigenvalue weighted by Crippen LogP contribution is -2.04. The number of rotatable bonds is 9. The molecule has 1 N–H and O–H groups in total. The molecule has 4 nitrogen and oxygen atoms in total. The molecule has 36 heavy (non-hydrogen) atoms. The third-order valence-corrected chi connectivity index (χ3v) is 6.47. The van der Waals surface area contributed by atoms with E-state index < -0.39 is 0 Å². The molecular weight excluding hydrogens is 446 g/mol. The minimum absolute atomic E-state index is 0.00917. The van der Waals surface area contributed by atoms with Crippen molar-refractivity contribution in [1.29, 1.82) is 0 Å². The normalized spacial score (nSPS) is 11.1. The minimum atomic E-state index is 0.00917. The summed E-state index contributed by atoms with van der Waals surface area (Å²) in [6, 6.07) is 33.4. The summed E-state index contributed by atoms with van der Waals surface area (Å²) >= 11 is 0. The lowest BCUT2D eigenvalue weighted by Gasteiger charge is -2.14. The number of aliphatic hydroxyl groups is 1. The van der Waals surface area contributed by atoms with Crippen molar-refractivity contribution in [1.82, 2.24) is 4.57 Å². The van der Waals surface area contributed by atoms with Crippen molar-refractivity contribution in [3.8, 4) is 22.8 Å². The molecule has 4 heteroatoms. The van der Waals surface area contributed by atoms with E-state index in [1.54, 1.807) is 0 Å². The van der Waals surface area contributed by atoms with Gasteiger partial charge in [-0.15, -0.1) is 0 Å². The molecule has 5 rings (SSSR count). The number of hydrogen-bond donors (Lipinski definition) is 1. The maximum Gasteiger partial charge on any atom is 0.119 e. The van der Waals surface area contributed by atoms with Crippen LogP contribution in [0.3, 0.4) is 0 Å². The molecule has 0 fully saturated rings. The monoisotopic (exact) mass is 477 g/mol. The summed E-state index contributed by atoms with van der Waals surface area (Å²) in [5, 5.41) is 10.3. The summed E-state index contributed by atoms with van der Waals surface area (Å²) < 4.78 is 13.9. The molecule has 0 bridgehead atoms. The Hall–Kier alpha value is -4.02. The minimum Gasteiger partial charge on any atom is -0.491 e. The van der Waals surface area contributed by atoms with Gasteiger partial charge in [0.25, 0.3) is 0 Å². The molecule has 0 amide bonds. The van der Waals surface area contributed by atoms with E-state index in [9.17, 15) is 0 Å². The van der Waals surface area contributed by atoms with E-state index in [2.05, 4.69) is 85.1 Å². The highest BCUT2D eigenvalue weighted by molar-refractivity contribution is 5.92. The Morgan fingerprint density at radius 3 is 2.14 bits per heavy atom. The van der Waals surface area contributed by atoms with E-state index in [0.29, 0.717) is 13.2 Å². The molecule has 0 saturated carbocycles. The van der Waals surface area contributed by atoms with Crippen LogP contribution in [-0.2, 0) is 13.2 Å². The Kier molecular flexibility index (Phi) is 7.06. The van der Waals surface area contributed by atoms with Crippen molar-refractivity contribution in [2.24, 2.45) is 0 Å². The molecule has 0 atom stereocenters. The lowest BCUT2D eigenvalue weighted by atomic mass is 10.1. The van der Waals surface area contributed by atoms with Crippen LogP contribution in [0.5, 0.6) is 11.5 Å². The summed E-state index contributed by atoms with van der Waals surface area (Å²) in [7, 11) is 0.